The number of nitrogens with one attached hydrogen (secondary N) is 1. The number of benzene rings is 2. The van der Waals surface area contributed by atoms with Gasteiger partial charge in [-0.05, 0) is 55.5 Å². The molecule has 3 heterocycles. The molecule has 11 heteroatoms. The summed E-state index contributed by atoms with van der Waals surface area (Å²) in [5.74, 6) is -2.57. The minimum Gasteiger partial charge on any atom is -0.392 e. The monoisotopic (exact) mass is 589 g/mol. The molecule has 2 amide bonds. The van der Waals surface area contributed by atoms with Gasteiger partial charge in [0.2, 0.25) is 5.91 Å². The summed E-state index contributed by atoms with van der Waals surface area (Å²) < 4.78 is 51.6. The van der Waals surface area contributed by atoms with Gasteiger partial charge in [0, 0.05) is 31.6 Å². The van der Waals surface area contributed by atoms with E-state index in [1.165, 1.54) is 19.3 Å². The molecule has 5 rings (SSSR count). The van der Waals surface area contributed by atoms with Crippen LogP contribution in [-0.4, -0.2) is 71.2 Å². The van der Waals surface area contributed by atoms with Crippen LogP contribution >= 0.6 is 0 Å². The number of amides is 2. The third-order valence-electron chi connectivity index (χ3n) is 8.30. The van der Waals surface area contributed by atoms with Crippen molar-refractivity contribution in [3.63, 3.8) is 0 Å². The fraction of sp³-hybridized carbons (Fsp3) is 0.548. The van der Waals surface area contributed by atoms with Gasteiger partial charge in [-0.25, -0.2) is 0 Å². The van der Waals surface area contributed by atoms with Gasteiger partial charge in [-0.3, -0.25) is 9.59 Å². The van der Waals surface area contributed by atoms with Crippen LogP contribution in [0.1, 0.15) is 73.2 Å². The predicted molar refractivity (Wildman–Crippen MR) is 148 cm³/mol. The summed E-state index contributed by atoms with van der Waals surface area (Å²) in [5, 5.41) is 12.1. The SMILES string of the molecule is O=C(NCc1ccc(C2OC(CN3CCCCC3)CC(c3ccc(CO)cc3)O2)cc1)C1CCCN1C(=O)C(F)(F)F. The van der Waals surface area contributed by atoms with Crippen molar-refractivity contribution >= 4 is 11.8 Å². The Kier molecular flexibility index (Phi) is 9.82. The van der Waals surface area contributed by atoms with Gasteiger partial charge in [-0.1, -0.05) is 55.0 Å². The average molecular weight is 590 g/mol. The molecule has 3 aliphatic rings. The van der Waals surface area contributed by atoms with Crippen LogP contribution in [0.4, 0.5) is 13.2 Å². The topological polar surface area (TPSA) is 91.3 Å². The van der Waals surface area contributed by atoms with E-state index in [1.54, 1.807) is 0 Å². The highest BCUT2D eigenvalue weighted by Crippen LogP contribution is 2.38. The minimum absolute atomic E-state index is 0.0213. The van der Waals surface area contributed by atoms with Gasteiger partial charge in [0.05, 0.1) is 18.8 Å². The van der Waals surface area contributed by atoms with Crippen molar-refractivity contribution in [1.29, 1.82) is 0 Å². The number of aliphatic hydroxyl groups excluding tert-OH is 1. The van der Waals surface area contributed by atoms with E-state index in [1.807, 2.05) is 48.5 Å². The van der Waals surface area contributed by atoms with Crippen LogP contribution in [0.15, 0.2) is 48.5 Å². The number of hydrogen-bond acceptors (Lipinski definition) is 6. The number of carbonyl (C=O) groups excluding carboxylic acids is 2. The standard InChI is InChI=1S/C31H38F3N3O5/c32-31(33,34)30(40)37-16-4-5-26(37)28(39)35-18-21-6-12-24(13-7-21)29-41-25(19-36-14-2-1-3-15-36)17-27(42-29)23-10-8-22(20-38)9-11-23/h6-13,25-27,29,38H,1-5,14-20H2,(H,35,39). The van der Waals surface area contributed by atoms with Gasteiger partial charge in [-0.2, -0.15) is 13.2 Å². The molecule has 0 aromatic heterocycles. The van der Waals surface area contributed by atoms with Gasteiger partial charge in [0.1, 0.15) is 6.04 Å². The zero-order valence-corrected chi connectivity index (χ0v) is 23.5. The quantitative estimate of drug-likeness (QED) is 0.475. The van der Waals surface area contributed by atoms with E-state index in [9.17, 15) is 27.9 Å². The summed E-state index contributed by atoms with van der Waals surface area (Å²) >= 11 is 0. The summed E-state index contributed by atoms with van der Waals surface area (Å²) in [4.78, 5) is 27.4. The second-order valence-electron chi connectivity index (χ2n) is 11.3. The number of rotatable bonds is 8. The first-order valence-corrected chi connectivity index (χ1v) is 14.7. The molecule has 3 fully saturated rings. The van der Waals surface area contributed by atoms with Gasteiger partial charge < -0.3 is 29.7 Å². The first-order valence-electron chi connectivity index (χ1n) is 14.7. The molecule has 0 bridgehead atoms. The van der Waals surface area contributed by atoms with E-state index < -0.39 is 30.3 Å². The Hall–Kier alpha value is -2.99. The Morgan fingerprint density at radius 2 is 1.55 bits per heavy atom. The van der Waals surface area contributed by atoms with Gasteiger partial charge >= 0.3 is 12.1 Å². The van der Waals surface area contributed by atoms with Crippen molar-refractivity contribution < 1.29 is 37.3 Å². The van der Waals surface area contributed by atoms with Crippen molar-refractivity contribution in [3.05, 3.63) is 70.8 Å². The van der Waals surface area contributed by atoms with Crippen LogP contribution < -0.4 is 5.32 Å². The Balaban J connectivity index is 1.23. The summed E-state index contributed by atoms with van der Waals surface area (Å²) in [6, 6.07) is 14.0. The molecule has 3 aliphatic heterocycles. The molecule has 0 radical (unpaired) electrons. The van der Waals surface area contributed by atoms with E-state index >= 15 is 0 Å². The molecule has 0 spiro atoms. The smallest absolute Gasteiger partial charge is 0.392 e. The number of aliphatic hydroxyl groups is 1. The lowest BCUT2D eigenvalue weighted by atomic mass is 9.99. The third kappa shape index (κ3) is 7.50. The molecule has 4 unspecified atom stereocenters. The van der Waals surface area contributed by atoms with Crippen molar-refractivity contribution in [2.45, 2.75) is 82.4 Å². The second-order valence-corrected chi connectivity index (χ2v) is 11.3. The van der Waals surface area contributed by atoms with Crippen LogP contribution in [0.2, 0.25) is 0 Å². The van der Waals surface area contributed by atoms with E-state index in [2.05, 4.69) is 10.2 Å². The maximum Gasteiger partial charge on any atom is 0.471 e. The van der Waals surface area contributed by atoms with Gasteiger partial charge in [0.15, 0.2) is 6.29 Å². The van der Waals surface area contributed by atoms with Crippen LogP contribution in [0, 0.1) is 0 Å². The van der Waals surface area contributed by atoms with Crippen molar-refractivity contribution in [3.8, 4) is 0 Å². The fourth-order valence-corrected chi connectivity index (χ4v) is 6.01. The normalized spacial score (nSPS) is 25.4. The zero-order chi connectivity index (χ0) is 29.7. The minimum atomic E-state index is -5.00. The largest absolute Gasteiger partial charge is 0.471 e. The molecule has 2 aromatic rings. The first kappa shape index (κ1) is 30.5. The summed E-state index contributed by atoms with van der Waals surface area (Å²) in [6.45, 7) is 2.96. The van der Waals surface area contributed by atoms with Crippen molar-refractivity contribution in [2.75, 3.05) is 26.2 Å². The maximum absolute atomic E-state index is 12.9. The highest BCUT2D eigenvalue weighted by Gasteiger charge is 2.47. The Labute approximate surface area is 243 Å². The van der Waals surface area contributed by atoms with Gasteiger partial charge in [0.25, 0.3) is 0 Å². The number of alkyl halides is 3. The lowest BCUT2D eigenvalue weighted by molar-refractivity contribution is -0.253. The predicted octanol–water partition coefficient (Wildman–Crippen LogP) is 4.38. The number of halogens is 3. The molecular weight excluding hydrogens is 551 g/mol. The van der Waals surface area contributed by atoms with Gasteiger partial charge in [-0.15, -0.1) is 0 Å². The number of piperidine rings is 1. The molecule has 42 heavy (non-hydrogen) atoms. The number of carbonyl (C=O) groups is 2. The van der Waals surface area contributed by atoms with Crippen molar-refractivity contribution in [2.24, 2.45) is 0 Å². The number of hydrogen-bond donors (Lipinski definition) is 2. The lowest BCUT2D eigenvalue weighted by Gasteiger charge is -2.39. The Morgan fingerprint density at radius 3 is 2.21 bits per heavy atom. The zero-order valence-electron chi connectivity index (χ0n) is 23.5. The summed E-state index contributed by atoms with van der Waals surface area (Å²) in [6.07, 6.45) is -0.919. The van der Waals surface area contributed by atoms with E-state index in [0.29, 0.717) is 17.7 Å². The first-order chi connectivity index (χ1) is 20.2. The van der Waals surface area contributed by atoms with Crippen LogP contribution in [0.5, 0.6) is 0 Å². The van der Waals surface area contributed by atoms with E-state index in [4.69, 9.17) is 9.47 Å². The highest BCUT2D eigenvalue weighted by molar-refractivity contribution is 5.90. The van der Waals surface area contributed by atoms with Crippen LogP contribution in [0.3, 0.4) is 0 Å². The molecule has 0 saturated carbocycles. The number of ether oxygens (including phenoxy) is 2. The summed E-state index contributed by atoms with van der Waals surface area (Å²) in [5.41, 5.74) is 3.44. The van der Waals surface area contributed by atoms with E-state index in [0.717, 1.165) is 41.9 Å². The number of nitrogens with zero attached hydrogens (tertiary/aromatic N) is 2. The van der Waals surface area contributed by atoms with E-state index in [-0.39, 0.29) is 38.3 Å². The van der Waals surface area contributed by atoms with Crippen molar-refractivity contribution in [1.82, 2.24) is 15.1 Å². The average Bonchev–Trinajstić information content (AvgIpc) is 3.50. The molecule has 8 nitrogen and oxygen atoms in total. The highest BCUT2D eigenvalue weighted by atomic mass is 19.4. The molecule has 2 aromatic carbocycles. The summed E-state index contributed by atoms with van der Waals surface area (Å²) in [7, 11) is 0. The fourth-order valence-electron chi connectivity index (χ4n) is 6.01. The number of likely N-dealkylation sites (tertiary alicyclic amines) is 2. The molecule has 4 atom stereocenters. The van der Waals surface area contributed by atoms with Crippen LogP contribution in [-0.2, 0) is 32.2 Å². The second kappa shape index (κ2) is 13.5. The maximum atomic E-state index is 12.9. The molecule has 0 aliphatic carbocycles. The molecule has 228 valence electrons. The Bertz CT molecular complexity index is 1200. The third-order valence-corrected chi connectivity index (χ3v) is 8.30. The molecular formula is C31H38F3N3O5. The lowest BCUT2D eigenvalue weighted by Crippen LogP contribution is -2.50. The van der Waals surface area contributed by atoms with Crippen LogP contribution in [0.25, 0.3) is 0 Å². The molecule has 2 N–H and O–H groups in total. The Morgan fingerprint density at radius 1 is 0.881 bits per heavy atom. The molecule has 3 saturated heterocycles.